The molecule has 0 aliphatic heterocycles. The van der Waals surface area contributed by atoms with E-state index < -0.39 is 0 Å². The zero-order valence-corrected chi connectivity index (χ0v) is 25.4. The Kier molecular flexibility index (Phi) is 12.9. The lowest BCUT2D eigenvalue weighted by Gasteiger charge is -2.25. The van der Waals surface area contributed by atoms with Crippen LogP contribution in [0.2, 0.25) is 0 Å². The molecule has 2 rings (SSSR count). The molecule has 0 saturated heterocycles. The molecule has 9 heteroatoms. The van der Waals surface area contributed by atoms with Crippen LogP contribution in [0.4, 0.5) is 0 Å². The van der Waals surface area contributed by atoms with Crippen LogP contribution in [0.15, 0.2) is 22.0 Å². The van der Waals surface area contributed by atoms with E-state index in [4.69, 9.17) is 4.74 Å². The third-order valence-electron chi connectivity index (χ3n) is 8.01. The zero-order chi connectivity index (χ0) is 29.1. The quantitative estimate of drug-likeness (QED) is 0.205. The van der Waals surface area contributed by atoms with Crippen molar-refractivity contribution >= 4 is 0 Å². The summed E-state index contributed by atoms with van der Waals surface area (Å²) >= 11 is 0. The van der Waals surface area contributed by atoms with Gasteiger partial charge in [0.1, 0.15) is 0 Å². The molecule has 2 aromatic heterocycles. The smallest absolute Gasteiger partial charge is 0.331 e. The molecule has 0 aliphatic rings. The summed E-state index contributed by atoms with van der Waals surface area (Å²) in [6.45, 7) is 16.7. The summed E-state index contributed by atoms with van der Waals surface area (Å²) in [4.78, 5) is 24.5. The summed E-state index contributed by atoms with van der Waals surface area (Å²) in [7, 11) is 0. The number of hydrogen-bond donors (Lipinski definition) is 2. The molecule has 224 valence electrons. The van der Waals surface area contributed by atoms with Gasteiger partial charge in [-0.2, -0.15) is 0 Å². The monoisotopic (exact) mass is 550 g/mol. The molecule has 0 unspecified atom stereocenters. The van der Waals surface area contributed by atoms with E-state index in [1.54, 1.807) is 0 Å². The number of aromatic nitrogens is 4. The lowest BCUT2D eigenvalue weighted by Crippen LogP contribution is -2.26. The fourth-order valence-electron chi connectivity index (χ4n) is 5.16. The predicted octanol–water partition coefficient (Wildman–Crippen LogP) is 5.73. The van der Waals surface area contributed by atoms with E-state index in [9.17, 15) is 19.8 Å². The van der Waals surface area contributed by atoms with Crippen LogP contribution in [0.25, 0.3) is 0 Å². The van der Waals surface area contributed by atoms with Gasteiger partial charge < -0.3 is 14.9 Å². The van der Waals surface area contributed by atoms with Crippen LogP contribution in [-0.2, 0) is 30.9 Å². The van der Waals surface area contributed by atoms with Gasteiger partial charge in [0.25, 0.3) is 0 Å². The first-order chi connectivity index (χ1) is 18.4. The Labute approximate surface area is 234 Å². The van der Waals surface area contributed by atoms with E-state index in [1.807, 2.05) is 13.8 Å². The summed E-state index contributed by atoms with van der Waals surface area (Å²) in [5.74, 6) is 0.106. The van der Waals surface area contributed by atoms with Crippen LogP contribution < -0.4 is 11.4 Å². The maximum Gasteiger partial charge on any atom is 0.331 e. The van der Waals surface area contributed by atoms with Crippen LogP contribution in [0.3, 0.4) is 0 Å². The van der Waals surface area contributed by atoms with Crippen molar-refractivity contribution in [1.82, 2.24) is 18.3 Å². The van der Waals surface area contributed by atoms with Crippen molar-refractivity contribution in [3.8, 4) is 11.8 Å². The highest BCUT2D eigenvalue weighted by atomic mass is 16.5. The van der Waals surface area contributed by atoms with E-state index in [0.717, 1.165) is 77.4 Å². The molecule has 0 spiro atoms. The number of nitrogens with zero attached hydrogens (tertiary/aromatic N) is 4. The second kappa shape index (κ2) is 15.4. The van der Waals surface area contributed by atoms with Gasteiger partial charge in [0.2, 0.25) is 11.8 Å². The van der Waals surface area contributed by atoms with Gasteiger partial charge in [-0.15, -0.1) is 0 Å². The molecule has 0 aliphatic carbocycles. The molecule has 0 bridgehead atoms. The number of ether oxygens (including phenoxy) is 1. The molecule has 0 radical (unpaired) electrons. The van der Waals surface area contributed by atoms with E-state index in [2.05, 4.69) is 27.7 Å². The topological polar surface area (TPSA) is 104 Å². The fraction of sp³-hybridized carbons (Fsp3) is 0.800. The normalized spacial score (nSPS) is 12.5. The average molecular weight is 551 g/mol. The minimum Gasteiger partial charge on any atom is -0.493 e. The van der Waals surface area contributed by atoms with Gasteiger partial charge in [0.15, 0.2) is 0 Å². The molecule has 0 atom stereocenters. The first-order valence-corrected chi connectivity index (χ1v) is 15.0. The molecule has 9 nitrogen and oxygen atoms in total. The first-order valence-electron chi connectivity index (χ1n) is 15.0. The maximum atomic E-state index is 12.3. The Hall–Kier alpha value is -2.42. The third-order valence-corrected chi connectivity index (χ3v) is 8.01. The van der Waals surface area contributed by atoms with E-state index in [0.29, 0.717) is 26.2 Å². The van der Waals surface area contributed by atoms with Crippen LogP contribution >= 0.6 is 0 Å². The highest BCUT2D eigenvalue weighted by Crippen LogP contribution is 2.30. The second-order valence-corrected chi connectivity index (χ2v) is 12.5. The van der Waals surface area contributed by atoms with Gasteiger partial charge in [-0.05, 0) is 69.6 Å². The highest BCUT2D eigenvalue weighted by molar-refractivity contribution is 5.06. The number of aromatic hydroxyl groups is 2. The molecule has 0 amide bonds. The van der Waals surface area contributed by atoms with Crippen molar-refractivity contribution in [1.29, 1.82) is 0 Å². The van der Waals surface area contributed by atoms with Gasteiger partial charge in [-0.1, -0.05) is 47.0 Å². The zero-order valence-electron chi connectivity index (χ0n) is 25.4. The summed E-state index contributed by atoms with van der Waals surface area (Å²) in [6.07, 6.45) is 13.4. The number of imidazole rings is 2. The second-order valence-electron chi connectivity index (χ2n) is 12.5. The van der Waals surface area contributed by atoms with Crippen molar-refractivity contribution < 1.29 is 14.9 Å². The summed E-state index contributed by atoms with van der Waals surface area (Å²) in [5, 5.41) is 20.0. The Bertz CT molecular complexity index is 1110. The van der Waals surface area contributed by atoms with Crippen molar-refractivity contribution in [2.45, 2.75) is 132 Å². The van der Waals surface area contributed by atoms with E-state index in [-0.39, 0.29) is 34.0 Å². The van der Waals surface area contributed by atoms with Gasteiger partial charge >= 0.3 is 11.4 Å². The molecule has 0 saturated carbocycles. The molecule has 2 N–H and O–H groups in total. The van der Waals surface area contributed by atoms with Crippen molar-refractivity contribution in [2.24, 2.45) is 10.8 Å². The largest absolute Gasteiger partial charge is 0.493 e. The van der Waals surface area contributed by atoms with E-state index >= 15 is 0 Å². The molecular weight excluding hydrogens is 496 g/mol. The lowest BCUT2D eigenvalue weighted by molar-refractivity contribution is 0.119. The predicted molar refractivity (Wildman–Crippen MR) is 157 cm³/mol. The molecule has 2 aromatic rings. The van der Waals surface area contributed by atoms with Gasteiger partial charge in [-0.3, -0.25) is 18.3 Å². The Morgan fingerprint density at radius 3 is 1.49 bits per heavy atom. The van der Waals surface area contributed by atoms with Gasteiger partial charge in [-0.25, -0.2) is 9.59 Å². The van der Waals surface area contributed by atoms with Gasteiger partial charge in [0.05, 0.1) is 12.4 Å². The average Bonchev–Trinajstić information content (AvgIpc) is 3.32. The van der Waals surface area contributed by atoms with Crippen molar-refractivity contribution in [3.63, 3.8) is 0 Å². The third kappa shape index (κ3) is 10.6. The van der Waals surface area contributed by atoms with Crippen LogP contribution in [0, 0.1) is 10.8 Å². The first kappa shape index (κ1) is 32.8. The minimum absolute atomic E-state index is 0.0482. The maximum absolute atomic E-state index is 12.3. The number of rotatable bonds is 20. The number of aryl methyl sites for hydroxylation is 2. The Morgan fingerprint density at radius 1 is 0.641 bits per heavy atom. The van der Waals surface area contributed by atoms with E-state index in [1.165, 1.54) is 30.7 Å². The SMILES string of the molecule is CCn1cc(O)n(CCCCC(C)(C)CCCCOCCCCC(C)(C)CCn2c(O)cn(CC)c2=O)c1=O. The number of unbranched alkanes of at least 4 members (excludes halogenated alkanes) is 3. The van der Waals surface area contributed by atoms with Gasteiger partial charge in [0, 0.05) is 39.4 Å². The fourth-order valence-corrected chi connectivity index (χ4v) is 5.16. The lowest BCUT2D eigenvalue weighted by atomic mass is 9.82. The van der Waals surface area contributed by atoms with Crippen LogP contribution in [0.5, 0.6) is 11.8 Å². The molecule has 0 aromatic carbocycles. The molecular formula is C30H54N4O5. The van der Waals surface area contributed by atoms with Crippen LogP contribution in [0.1, 0.15) is 106 Å². The molecule has 39 heavy (non-hydrogen) atoms. The Balaban J connectivity index is 1.51. The van der Waals surface area contributed by atoms with Crippen LogP contribution in [-0.4, -0.2) is 41.7 Å². The number of hydrogen-bond acceptors (Lipinski definition) is 5. The molecule has 0 fully saturated rings. The standard InChI is InChI=1S/C30H54N4O5/c1-7-31-23-25(35)33(27(31)37)19-12-9-15-29(3,4)16-10-13-21-39-22-14-11-17-30(5,6)18-20-34-26(36)24-32(8-2)28(34)38/h23-24,35-36H,7-22H2,1-6H3. The highest BCUT2D eigenvalue weighted by Gasteiger charge is 2.20. The summed E-state index contributed by atoms with van der Waals surface area (Å²) in [5.41, 5.74) is 0.0911. The summed E-state index contributed by atoms with van der Waals surface area (Å²) < 4.78 is 11.9. The van der Waals surface area contributed by atoms with Crippen molar-refractivity contribution in [2.75, 3.05) is 13.2 Å². The minimum atomic E-state index is -0.139. The Morgan fingerprint density at radius 2 is 1.05 bits per heavy atom. The summed E-state index contributed by atoms with van der Waals surface area (Å²) in [6, 6.07) is 0. The van der Waals surface area contributed by atoms with Crippen molar-refractivity contribution in [3.05, 3.63) is 33.4 Å². The molecule has 2 heterocycles.